The molecule has 2 unspecified atom stereocenters. The molecule has 0 saturated heterocycles. The van der Waals surface area contributed by atoms with Crippen LogP contribution in [0.4, 0.5) is 22.7 Å². The average molecular weight is 791 g/mol. The van der Waals surface area contributed by atoms with Crippen LogP contribution in [0, 0.1) is 86.8 Å². The number of non-ortho nitro benzene ring substituents is 4. The zero-order valence-electron chi connectivity index (χ0n) is 32.8. The van der Waals surface area contributed by atoms with Crippen molar-refractivity contribution >= 4 is 34.7 Å². The minimum Gasteiger partial charge on any atom is -0.462 e. The molecule has 57 heavy (non-hydrogen) atoms. The highest BCUT2D eigenvalue weighted by atomic mass is 16.6. The van der Waals surface area contributed by atoms with Gasteiger partial charge in [0.15, 0.2) is 0 Å². The number of allylic oxidation sites excluding steroid dienone is 1. The molecule has 0 N–H and O–H groups in total. The molecule has 4 aliphatic rings. The highest BCUT2D eigenvalue weighted by molar-refractivity contribution is 5.91. The molecule has 0 spiro atoms. The maximum atomic E-state index is 13.1. The standard InChI is InChI=1S/C41H50N4O12/c1-24(23-56-38(46)26-16-29(42(48)49)21-30(17-26)43(50)51)6-5-7-25(2)35-10-11-36-34-9-8-28-20-33(12-14-40(28,3)37(34)13-15-41(35,36)4)57-39(47)27-18-31(44(52)53)22-32(19-27)45(54)55/h8,16-19,21-22,24-25,33-37H,5-7,9-15,20,23H2,1-4H3/t24?,25-,33?,34+,35-,36+,37+,40+,41-/m1/s1. The molecule has 0 aromatic heterocycles. The molecule has 4 aliphatic carbocycles. The number of hydrogen-bond donors (Lipinski definition) is 0. The number of carbonyl (C=O) groups is 2. The highest BCUT2D eigenvalue weighted by Gasteiger charge is 2.59. The molecule has 306 valence electrons. The third kappa shape index (κ3) is 8.40. The molecule has 2 aromatic rings. The van der Waals surface area contributed by atoms with E-state index in [2.05, 4.69) is 26.8 Å². The van der Waals surface area contributed by atoms with Crippen molar-refractivity contribution in [1.82, 2.24) is 0 Å². The van der Waals surface area contributed by atoms with Gasteiger partial charge >= 0.3 is 11.9 Å². The topological polar surface area (TPSA) is 225 Å². The summed E-state index contributed by atoms with van der Waals surface area (Å²) in [5, 5.41) is 45.1. The average Bonchev–Trinajstić information content (AvgIpc) is 3.53. The van der Waals surface area contributed by atoms with Crippen LogP contribution >= 0.6 is 0 Å². The molecule has 16 nitrogen and oxygen atoms in total. The van der Waals surface area contributed by atoms with E-state index in [1.165, 1.54) is 18.4 Å². The molecule has 9 atom stereocenters. The molecule has 16 heteroatoms. The minimum atomic E-state index is -0.828. The summed E-state index contributed by atoms with van der Waals surface area (Å²) >= 11 is 0. The lowest BCUT2D eigenvalue weighted by atomic mass is 9.47. The van der Waals surface area contributed by atoms with E-state index in [9.17, 15) is 50.0 Å². The zero-order chi connectivity index (χ0) is 41.4. The van der Waals surface area contributed by atoms with E-state index >= 15 is 0 Å². The van der Waals surface area contributed by atoms with Gasteiger partial charge in [0.2, 0.25) is 0 Å². The molecule has 0 bridgehead atoms. The van der Waals surface area contributed by atoms with Crippen molar-refractivity contribution in [2.24, 2.45) is 46.3 Å². The Morgan fingerprint density at radius 2 is 1.30 bits per heavy atom. The molecule has 6 rings (SSSR count). The first-order valence-electron chi connectivity index (χ1n) is 19.9. The quantitative estimate of drug-likeness (QED) is 0.0754. The normalized spacial score (nSPS) is 28.7. The number of carbonyl (C=O) groups excluding carboxylic acids is 2. The molecular weight excluding hydrogens is 740 g/mol. The fourth-order valence-corrected chi connectivity index (χ4v) is 11.1. The maximum Gasteiger partial charge on any atom is 0.338 e. The lowest BCUT2D eigenvalue weighted by Gasteiger charge is -2.58. The largest absolute Gasteiger partial charge is 0.462 e. The van der Waals surface area contributed by atoms with Crippen molar-refractivity contribution in [3.63, 3.8) is 0 Å². The van der Waals surface area contributed by atoms with Gasteiger partial charge in [0.1, 0.15) is 6.10 Å². The van der Waals surface area contributed by atoms with Gasteiger partial charge in [-0.05, 0) is 97.7 Å². The number of rotatable bonds is 14. The van der Waals surface area contributed by atoms with E-state index in [0.717, 1.165) is 81.3 Å². The first-order valence-corrected chi connectivity index (χ1v) is 19.9. The van der Waals surface area contributed by atoms with Crippen molar-refractivity contribution in [3.8, 4) is 0 Å². The van der Waals surface area contributed by atoms with Gasteiger partial charge in [0, 0.05) is 30.7 Å². The fourth-order valence-electron chi connectivity index (χ4n) is 11.1. The lowest BCUT2D eigenvalue weighted by molar-refractivity contribution is -0.394. The second-order valence-electron chi connectivity index (χ2n) is 17.4. The van der Waals surface area contributed by atoms with E-state index in [-0.39, 0.29) is 34.5 Å². The maximum absolute atomic E-state index is 13.1. The SMILES string of the molecule is CC(CCC[C@@H](C)[C@H]1CC[C@H]2[C@@H]3CC=C4CC(OC(=O)c5cc([N+](=O)[O-])cc([N+](=O)[O-])c5)CC[C@]4(C)[C@H]3CC[C@]12C)COC(=O)c1cc([N+](=O)[O-])cc([N+](=O)[O-])c1. The predicted octanol–water partition coefficient (Wildman–Crippen LogP) is 9.72. The molecule has 0 aliphatic heterocycles. The van der Waals surface area contributed by atoms with Crippen LogP contribution in [0.1, 0.15) is 119 Å². The van der Waals surface area contributed by atoms with Gasteiger partial charge in [0.25, 0.3) is 22.7 Å². The van der Waals surface area contributed by atoms with Gasteiger partial charge in [-0.1, -0.05) is 52.2 Å². The van der Waals surface area contributed by atoms with E-state index in [4.69, 9.17) is 9.47 Å². The lowest BCUT2D eigenvalue weighted by Crippen LogP contribution is -2.51. The Labute approximate surface area is 330 Å². The number of esters is 2. The van der Waals surface area contributed by atoms with Crippen LogP contribution in [0.15, 0.2) is 48.0 Å². The molecule has 0 heterocycles. The predicted molar refractivity (Wildman–Crippen MR) is 206 cm³/mol. The second-order valence-corrected chi connectivity index (χ2v) is 17.4. The summed E-state index contributed by atoms with van der Waals surface area (Å²) in [7, 11) is 0. The summed E-state index contributed by atoms with van der Waals surface area (Å²) in [5.41, 5.74) is -1.05. The van der Waals surface area contributed by atoms with Crippen LogP contribution in [-0.2, 0) is 9.47 Å². The van der Waals surface area contributed by atoms with E-state index < -0.39 is 60.5 Å². The summed E-state index contributed by atoms with van der Waals surface area (Å²) in [4.78, 5) is 67.8. The van der Waals surface area contributed by atoms with E-state index in [1.54, 1.807) is 0 Å². The van der Waals surface area contributed by atoms with Crippen LogP contribution in [0.2, 0.25) is 0 Å². The van der Waals surface area contributed by atoms with Gasteiger partial charge in [0.05, 0.1) is 49.6 Å². The monoisotopic (exact) mass is 790 g/mol. The molecule has 3 fully saturated rings. The van der Waals surface area contributed by atoms with E-state index in [1.807, 2.05) is 6.92 Å². The van der Waals surface area contributed by atoms with Crippen molar-refractivity contribution in [3.05, 3.63) is 99.6 Å². The molecule has 0 amide bonds. The first-order chi connectivity index (χ1) is 26.9. The Kier molecular flexibility index (Phi) is 11.8. The van der Waals surface area contributed by atoms with Crippen LogP contribution in [0.5, 0.6) is 0 Å². The number of nitro groups is 4. The van der Waals surface area contributed by atoms with Crippen molar-refractivity contribution in [2.75, 3.05) is 6.61 Å². The number of fused-ring (bicyclic) bond motifs is 5. The van der Waals surface area contributed by atoms with Crippen molar-refractivity contribution in [1.29, 1.82) is 0 Å². The van der Waals surface area contributed by atoms with Crippen LogP contribution < -0.4 is 0 Å². The summed E-state index contributed by atoms with van der Waals surface area (Å²) in [5.74, 6) is 1.24. The van der Waals surface area contributed by atoms with Crippen LogP contribution in [-0.4, -0.2) is 44.3 Å². The highest BCUT2D eigenvalue weighted by Crippen LogP contribution is 2.67. The summed E-state index contributed by atoms with van der Waals surface area (Å²) < 4.78 is 11.2. The van der Waals surface area contributed by atoms with Gasteiger partial charge < -0.3 is 9.47 Å². The Morgan fingerprint density at radius 3 is 1.86 bits per heavy atom. The van der Waals surface area contributed by atoms with Crippen molar-refractivity contribution < 1.29 is 38.8 Å². The Morgan fingerprint density at radius 1 is 0.737 bits per heavy atom. The van der Waals surface area contributed by atoms with Crippen molar-refractivity contribution in [2.45, 2.75) is 104 Å². The minimum absolute atomic E-state index is 0.00921. The molecule has 3 saturated carbocycles. The Bertz CT molecular complexity index is 1940. The number of benzene rings is 2. The van der Waals surface area contributed by atoms with Crippen LogP contribution in [0.25, 0.3) is 0 Å². The van der Waals surface area contributed by atoms with Crippen LogP contribution in [0.3, 0.4) is 0 Å². The molecular formula is C41H50N4O12. The fraction of sp³-hybridized carbons (Fsp3) is 0.610. The number of ether oxygens (including phenoxy) is 2. The van der Waals surface area contributed by atoms with Gasteiger partial charge in [-0.15, -0.1) is 0 Å². The number of nitrogens with zero attached hydrogens (tertiary/aromatic N) is 4. The number of hydrogen-bond acceptors (Lipinski definition) is 12. The third-order valence-corrected chi connectivity index (χ3v) is 14.1. The van der Waals surface area contributed by atoms with Gasteiger partial charge in [-0.25, -0.2) is 9.59 Å². The van der Waals surface area contributed by atoms with E-state index in [0.29, 0.717) is 42.4 Å². The third-order valence-electron chi connectivity index (χ3n) is 14.1. The van der Waals surface area contributed by atoms with Gasteiger partial charge in [-0.3, -0.25) is 40.5 Å². The molecule has 2 aromatic carbocycles. The summed E-state index contributed by atoms with van der Waals surface area (Å²) in [6.45, 7) is 9.31. The first kappa shape index (κ1) is 41.4. The Balaban J connectivity index is 1.01. The zero-order valence-corrected chi connectivity index (χ0v) is 32.8. The van der Waals surface area contributed by atoms with Gasteiger partial charge in [-0.2, -0.15) is 0 Å². The smallest absolute Gasteiger partial charge is 0.338 e. The summed E-state index contributed by atoms with van der Waals surface area (Å²) in [6, 6.07) is 5.66. The Hall–Kier alpha value is -5.28. The molecule has 0 radical (unpaired) electrons. The second kappa shape index (κ2) is 16.3. The summed E-state index contributed by atoms with van der Waals surface area (Å²) in [6.07, 6.45) is 12.5. The number of nitro benzene ring substituents is 4.